The van der Waals surface area contributed by atoms with Gasteiger partial charge in [-0.1, -0.05) is 29.8 Å². The van der Waals surface area contributed by atoms with E-state index in [4.69, 9.17) is 4.74 Å². The number of aromatic hydroxyl groups is 1. The Labute approximate surface area is 224 Å². The minimum absolute atomic E-state index is 0.110. The number of carbonyl (C=O) groups is 4. The van der Waals surface area contributed by atoms with Gasteiger partial charge in [-0.2, -0.15) is 0 Å². The number of rotatable bonds is 2. The lowest BCUT2D eigenvalue weighted by molar-refractivity contribution is -0.123. The van der Waals surface area contributed by atoms with Gasteiger partial charge in [-0.25, -0.2) is 0 Å². The molecule has 39 heavy (non-hydrogen) atoms. The van der Waals surface area contributed by atoms with Gasteiger partial charge in [0.1, 0.15) is 11.5 Å². The zero-order valence-electron chi connectivity index (χ0n) is 21.2. The molecule has 1 fully saturated rings. The molecule has 1 saturated heterocycles. The number of hydrogen-bond donors (Lipinski definition) is 1. The topological polar surface area (TPSA) is 101 Å². The van der Waals surface area contributed by atoms with Gasteiger partial charge in [0.25, 0.3) is 0 Å². The summed E-state index contributed by atoms with van der Waals surface area (Å²) in [6.45, 7) is 1.65. The number of nitrogens with zero attached hydrogens (tertiary/aromatic N) is 1. The molecule has 2 amide bonds. The maximum absolute atomic E-state index is 13.9. The number of amides is 2. The molecule has 7 nitrogen and oxygen atoms in total. The number of hydrogen-bond acceptors (Lipinski definition) is 6. The van der Waals surface area contributed by atoms with Gasteiger partial charge < -0.3 is 9.84 Å². The van der Waals surface area contributed by atoms with Crippen LogP contribution in [0.5, 0.6) is 11.5 Å². The number of ketones is 2. The number of carbonyl (C=O) groups excluding carboxylic acids is 4. The van der Waals surface area contributed by atoms with E-state index in [1.165, 1.54) is 11.0 Å². The zero-order chi connectivity index (χ0) is 27.0. The summed E-state index contributed by atoms with van der Waals surface area (Å²) in [5.41, 5.74) is 4.22. The maximum Gasteiger partial charge on any atom is 0.238 e. The Morgan fingerprint density at radius 3 is 2.56 bits per heavy atom. The largest absolute Gasteiger partial charge is 0.508 e. The van der Waals surface area contributed by atoms with Crippen LogP contribution >= 0.6 is 0 Å². The second-order valence-electron chi connectivity index (χ2n) is 10.9. The van der Waals surface area contributed by atoms with Crippen LogP contribution in [0.25, 0.3) is 0 Å². The third-order valence-electron chi connectivity index (χ3n) is 8.73. The van der Waals surface area contributed by atoms with Crippen LogP contribution in [0, 0.1) is 23.7 Å². The minimum Gasteiger partial charge on any atom is -0.508 e. The van der Waals surface area contributed by atoms with Crippen molar-refractivity contribution in [1.29, 1.82) is 0 Å². The van der Waals surface area contributed by atoms with Crippen LogP contribution in [-0.2, 0) is 25.6 Å². The first kappa shape index (κ1) is 23.6. The highest BCUT2D eigenvalue weighted by Gasteiger charge is 2.56. The van der Waals surface area contributed by atoms with Crippen molar-refractivity contribution >= 4 is 29.1 Å². The second-order valence-corrected chi connectivity index (χ2v) is 10.9. The third kappa shape index (κ3) is 3.42. The third-order valence-corrected chi connectivity index (χ3v) is 8.73. The van der Waals surface area contributed by atoms with Crippen LogP contribution in [0.15, 0.2) is 94.8 Å². The van der Waals surface area contributed by atoms with E-state index in [-0.39, 0.29) is 35.6 Å². The molecule has 4 atom stereocenters. The first-order chi connectivity index (χ1) is 18.8. The molecule has 0 radical (unpaired) electrons. The van der Waals surface area contributed by atoms with Crippen molar-refractivity contribution in [3.05, 3.63) is 100 Å². The number of allylic oxidation sites excluding steroid dienone is 7. The summed E-state index contributed by atoms with van der Waals surface area (Å²) in [5, 5.41) is 10.1. The summed E-state index contributed by atoms with van der Waals surface area (Å²) in [4.78, 5) is 55.5. The molecular formula is C32H25NO6. The van der Waals surface area contributed by atoms with Gasteiger partial charge in [0.15, 0.2) is 11.6 Å². The van der Waals surface area contributed by atoms with Gasteiger partial charge in [-0.15, -0.1) is 0 Å². The van der Waals surface area contributed by atoms with E-state index >= 15 is 0 Å². The molecule has 2 heterocycles. The Balaban J connectivity index is 1.34. The Kier molecular flexibility index (Phi) is 5.14. The van der Waals surface area contributed by atoms with Gasteiger partial charge in [-0.3, -0.25) is 24.1 Å². The molecule has 5 aliphatic rings. The number of anilines is 1. The van der Waals surface area contributed by atoms with Crippen molar-refractivity contribution in [3.63, 3.8) is 0 Å². The fourth-order valence-corrected chi connectivity index (χ4v) is 7.00. The predicted molar refractivity (Wildman–Crippen MR) is 142 cm³/mol. The van der Waals surface area contributed by atoms with Crippen LogP contribution in [-0.4, -0.2) is 28.5 Å². The minimum atomic E-state index is -0.620. The maximum atomic E-state index is 13.9. The molecule has 7 rings (SSSR count). The number of fused-ring (bicyclic) bond motifs is 4. The molecule has 1 N–H and O–H groups in total. The van der Waals surface area contributed by atoms with Gasteiger partial charge in [-0.05, 0) is 67.7 Å². The van der Waals surface area contributed by atoms with E-state index in [1.54, 1.807) is 55.7 Å². The van der Waals surface area contributed by atoms with Gasteiger partial charge in [0, 0.05) is 34.6 Å². The molecule has 2 aromatic rings. The molecular weight excluding hydrogens is 494 g/mol. The van der Waals surface area contributed by atoms with Crippen LogP contribution in [0.1, 0.15) is 25.3 Å². The number of Topliss-reactive ketones (excluding diaryl/α,β-unsaturated/α-hetero) is 1. The molecule has 2 aromatic carbocycles. The molecule has 0 aromatic heterocycles. The van der Waals surface area contributed by atoms with E-state index < -0.39 is 23.7 Å². The van der Waals surface area contributed by atoms with Crippen molar-refractivity contribution in [3.8, 4) is 11.5 Å². The lowest BCUT2D eigenvalue weighted by Crippen LogP contribution is -2.41. The number of ether oxygens (including phenoxy) is 1. The Bertz CT molecular complexity index is 1620. The van der Waals surface area contributed by atoms with Crippen molar-refractivity contribution in [1.82, 2.24) is 0 Å². The van der Waals surface area contributed by atoms with Gasteiger partial charge in [0.05, 0.1) is 23.8 Å². The Hall–Kier alpha value is -4.52. The highest BCUT2D eigenvalue weighted by Crippen LogP contribution is 2.55. The lowest BCUT2D eigenvalue weighted by atomic mass is 9.58. The van der Waals surface area contributed by atoms with Crippen molar-refractivity contribution in [2.24, 2.45) is 23.7 Å². The molecule has 0 saturated carbocycles. The van der Waals surface area contributed by atoms with E-state index in [1.807, 2.05) is 12.1 Å². The number of para-hydroxylation sites is 1. The number of phenolic OH excluding ortho intramolecular Hbond substituents is 1. The highest BCUT2D eigenvalue weighted by molar-refractivity contribution is 6.24. The van der Waals surface area contributed by atoms with Crippen LogP contribution in [0.4, 0.5) is 5.69 Å². The molecule has 0 bridgehead atoms. The summed E-state index contributed by atoms with van der Waals surface area (Å²) < 4.78 is 5.93. The number of phenols is 1. The summed E-state index contributed by atoms with van der Waals surface area (Å²) in [6, 6.07) is 13.8. The van der Waals surface area contributed by atoms with Crippen LogP contribution in [0.3, 0.4) is 0 Å². The predicted octanol–water partition coefficient (Wildman–Crippen LogP) is 4.38. The summed E-state index contributed by atoms with van der Waals surface area (Å²) in [7, 11) is 0. The normalized spacial score (nSPS) is 27.6. The van der Waals surface area contributed by atoms with E-state index in [0.717, 1.165) is 16.7 Å². The molecule has 2 aliphatic heterocycles. The molecule has 3 aliphatic carbocycles. The van der Waals surface area contributed by atoms with Crippen molar-refractivity contribution in [2.75, 3.05) is 4.90 Å². The number of benzene rings is 2. The average molecular weight is 520 g/mol. The smallest absolute Gasteiger partial charge is 0.238 e. The Morgan fingerprint density at radius 2 is 1.77 bits per heavy atom. The first-order valence-electron chi connectivity index (χ1n) is 13.1. The molecule has 0 unspecified atom stereocenters. The van der Waals surface area contributed by atoms with E-state index in [2.05, 4.69) is 0 Å². The molecule has 0 spiro atoms. The SMILES string of the molecule is CC1=CC(=O)C2=C(C1=O)[C@@H](C1=COc3ccc(O)cc3C1)C1=CC[C@@H]3C(=O)N(c4ccccc4)C(=O)[C@@H]3[C@@H]1C2. The highest BCUT2D eigenvalue weighted by atomic mass is 16.5. The van der Waals surface area contributed by atoms with Crippen molar-refractivity contribution in [2.45, 2.75) is 26.2 Å². The molecule has 194 valence electrons. The monoisotopic (exact) mass is 519 g/mol. The average Bonchev–Trinajstić information content (AvgIpc) is 3.20. The van der Waals surface area contributed by atoms with E-state index in [9.17, 15) is 24.3 Å². The second kappa shape index (κ2) is 8.50. The van der Waals surface area contributed by atoms with Gasteiger partial charge in [0.2, 0.25) is 11.8 Å². The van der Waals surface area contributed by atoms with Gasteiger partial charge >= 0.3 is 0 Å². The van der Waals surface area contributed by atoms with E-state index in [0.29, 0.717) is 41.0 Å². The first-order valence-corrected chi connectivity index (χ1v) is 13.1. The van der Waals surface area contributed by atoms with Crippen LogP contribution < -0.4 is 9.64 Å². The number of imide groups is 1. The fourth-order valence-electron chi connectivity index (χ4n) is 7.00. The zero-order valence-corrected chi connectivity index (χ0v) is 21.2. The Morgan fingerprint density at radius 1 is 0.974 bits per heavy atom. The lowest BCUT2D eigenvalue weighted by Gasteiger charge is -2.43. The van der Waals surface area contributed by atoms with Crippen molar-refractivity contribution < 1.29 is 29.0 Å². The summed E-state index contributed by atoms with van der Waals surface area (Å²) >= 11 is 0. The van der Waals surface area contributed by atoms with Crippen LogP contribution in [0.2, 0.25) is 0 Å². The summed E-state index contributed by atoms with van der Waals surface area (Å²) in [6.07, 6.45) is 6.05. The standard InChI is InChI=1S/C32H25NO6/c1-16-11-25(35)24-14-23-21(8-9-22-28(23)32(38)33(31(22)37)19-5-3-2-4-6-19)27(29(24)30(16)36)18-12-17-13-20(34)7-10-26(17)39-15-18/h2-8,10-11,13,15,22-23,27-28,34H,9,12,14H2,1H3/t22-,23+,27-,28-/m0/s1. The quantitative estimate of drug-likeness (QED) is 0.359. The molecule has 7 heteroatoms. The fraction of sp³-hybridized carbons (Fsp3) is 0.250. The summed E-state index contributed by atoms with van der Waals surface area (Å²) in [5.74, 6) is -2.25.